The summed E-state index contributed by atoms with van der Waals surface area (Å²) in [5.41, 5.74) is -0.145. The fourth-order valence-electron chi connectivity index (χ4n) is 5.93. The second-order valence-electron chi connectivity index (χ2n) is 11.5. The van der Waals surface area contributed by atoms with Crippen LogP contribution in [-0.2, 0) is 17.7 Å². The molecule has 1 aromatic rings. The summed E-state index contributed by atoms with van der Waals surface area (Å²) < 4.78 is 29.4. The van der Waals surface area contributed by atoms with Crippen molar-refractivity contribution in [2.24, 2.45) is 5.92 Å². The quantitative estimate of drug-likeness (QED) is 0.356. The van der Waals surface area contributed by atoms with Crippen LogP contribution in [0.15, 0.2) is 21.9 Å². The van der Waals surface area contributed by atoms with Crippen molar-refractivity contribution in [3.8, 4) is 0 Å². The number of hydrogen-bond donors (Lipinski definition) is 2. The minimum absolute atomic E-state index is 0.103. The lowest BCUT2D eigenvalue weighted by Crippen LogP contribution is -2.65. The number of hydrogen-bond acceptors (Lipinski definition) is 7. The maximum absolute atomic E-state index is 12.8. The number of aliphatic hydroxyl groups excluding tert-OH is 1. The van der Waals surface area contributed by atoms with E-state index in [0.717, 1.165) is 6.42 Å². The first kappa shape index (κ1) is 29.5. The molecule has 0 bridgehead atoms. The zero-order valence-corrected chi connectivity index (χ0v) is 25.2. The molecular weight excluding hydrogens is 496 g/mol. The van der Waals surface area contributed by atoms with E-state index in [4.69, 9.17) is 17.7 Å². The van der Waals surface area contributed by atoms with Crippen molar-refractivity contribution >= 4 is 17.1 Å². The van der Waals surface area contributed by atoms with Crippen molar-refractivity contribution in [2.75, 3.05) is 13.2 Å². The van der Waals surface area contributed by atoms with Gasteiger partial charge in [0.05, 0.1) is 12.7 Å². The van der Waals surface area contributed by atoms with Gasteiger partial charge in [0.25, 0.3) is 5.56 Å². The molecule has 0 spiro atoms. The number of nitrogens with zero attached hydrogens (tertiary/aromatic N) is 1. The average molecular weight is 543 g/mol. The van der Waals surface area contributed by atoms with Gasteiger partial charge in [0.1, 0.15) is 12.3 Å². The van der Waals surface area contributed by atoms with Crippen LogP contribution in [0, 0.1) is 5.92 Å². The van der Waals surface area contributed by atoms with Gasteiger partial charge >= 0.3 is 22.8 Å². The van der Waals surface area contributed by atoms with E-state index in [0.29, 0.717) is 19.4 Å². The van der Waals surface area contributed by atoms with Crippen LogP contribution < -0.4 is 11.2 Å². The Bertz CT molecular complexity index is 962. The maximum Gasteiger partial charge on any atom is 0.335 e. The van der Waals surface area contributed by atoms with E-state index in [1.54, 1.807) is 0 Å². The molecule has 2 saturated heterocycles. The lowest BCUT2D eigenvalue weighted by molar-refractivity contribution is -0.0575. The van der Waals surface area contributed by atoms with E-state index in [1.165, 1.54) is 16.8 Å². The van der Waals surface area contributed by atoms with Gasteiger partial charge in [-0.05, 0) is 35.0 Å². The molecule has 3 rings (SSSR count). The highest BCUT2D eigenvalue weighted by Gasteiger charge is 2.61. The lowest BCUT2D eigenvalue weighted by Gasteiger charge is -2.51. The van der Waals surface area contributed by atoms with Gasteiger partial charge in [0, 0.05) is 24.8 Å². The molecule has 0 saturated carbocycles. The van der Waals surface area contributed by atoms with E-state index in [1.807, 2.05) is 0 Å². The van der Waals surface area contributed by atoms with E-state index < -0.39 is 34.6 Å². The van der Waals surface area contributed by atoms with E-state index in [2.05, 4.69) is 60.4 Å². The molecule has 0 aromatic carbocycles. The molecule has 9 nitrogen and oxygen atoms in total. The summed E-state index contributed by atoms with van der Waals surface area (Å²) in [6.07, 6.45) is 2.32. The molecule has 11 heteroatoms. The van der Waals surface area contributed by atoms with Crippen molar-refractivity contribution in [3.63, 3.8) is 0 Å². The van der Waals surface area contributed by atoms with Gasteiger partial charge in [-0.3, -0.25) is 14.3 Å². The van der Waals surface area contributed by atoms with Gasteiger partial charge in [0.2, 0.25) is 0 Å². The van der Waals surface area contributed by atoms with Gasteiger partial charge in [-0.2, -0.15) is 0 Å². The van der Waals surface area contributed by atoms with Crippen LogP contribution in [0.2, 0.25) is 22.2 Å². The molecular formula is C25H46N2O7Si2. The number of nitrogens with one attached hydrogen (secondary N) is 1. The largest absolute Gasteiger partial charge is 0.414 e. The number of unbranched alkanes of at least 4 members (excludes halogenated alkanes) is 1. The first-order chi connectivity index (χ1) is 16.9. The van der Waals surface area contributed by atoms with Crippen molar-refractivity contribution in [3.05, 3.63) is 33.1 Å². The Kier molecular flexibility index (Phi) is 9.62. The molecule has 0 aliphatic carbocycles. The predicted octanol–water partition coefficient (Wildman–Crippen LogP) is 4.17. The monoisotopic (exact) mass is 542 g/mol. The van der Waals surface area contributed by atoms with Crippen LogP contribution in [-0.4, -0.2) is 57.2 Å². The second-order valence-corrected chi connectivity index (χ2v) is 20.4. The van der Waals surface area contributed by atoms with E-state index in [9.17, 15) is 14.7 Å². The Morgan fingerprint density at radius 1 is 1.00 bits per heavy atom. The number of fused-ring (bicyclic) bond motifs is 1. The number of rotatable bonds is 9. The van der Waals surface area contributed by atoms with Gasteiger partial charge < -0.3 is 22.8 Å². The van der Waals surface area contributed by atoms with Gasteiger partial charge in [-0.1, -0.05) is 61.8 Å². The standard InChI is InChI=1S/C25H46N2O7Si2/c1-16(2)35(17(3)4)31-15-21-23(33-36(34-35,18(5)6)19(7)8)20(11-9-10-14-28)24(32-21)27-13-12-22(29)26-25(27)30/h12-13,16-21,23-24,28H,9-11,14-15H2,1-8H3,(H,26,29,30)/t20-,21-,23+,24-/m1/s1. The fraction of sp³-hybridized carbons (Fsp3) is 0.840. The third-order valence-electron chi connectivity index (χ3n) is 7.87. The number of aliphatic hydroxyl groups is 1. The number of H-pyrrole nitrogens is 1. The van der Waals surface area contributed by atoms with Crippen LogP contribution >= 0.6 is 0 Å². The third kappa shape index (κ3) is 5.52. The van der Waals surface area contributed by atoms with Crippen LogP contribution in [0.3, 0.4) is 0 Å². The highest BCUT2D eigenvalue weighted by atomic mass is 28.5. The van der Waals surface area contributed by atoms with Crippen LogP contribution in [0.1, 0.15) is 80.9 Å². The first-order valence-electron chi connectivity index (χ1n) is 13.5. The van der Waals surface area contributed by atoms with Crippen molar-refractivity contribution in [1.29, 1.82) is 0 Å². The molecule has 3 heterocycles. The minimum atomic E-state index is -2.85. The highest BCUT2D eigenvalue weighted by Crippen LogP contribution is 2.50. The average Bonchev–Trinajstić information content (AvgIpc) is 3.09. The summed E-state index contributed by atoms with van der Waals surface area (Å²) in [6, 6.07) is 1.34. The molecule has 2 aliphatic rings. The Labute approximate surface area is 217 Å². The number of aromatic nitrogens is 2. The van der Waals surface area contributed by atoms with Gasteiger partial charge in [-0.15, -0.1) is 0 Å². The molecule has 2 aliphatic heterocycles. The van der Waals surface area contributed by atoms with Crippen LogP contribution in [0.4, 0.5) is 0 Å². The van der Waals surface area contributed by atoms with Crippen molar-refractivity contribution in [2.45, 2.75) is 115 Å². The van der Waals surface area contributed by atoms with E-state index in [-0.39, 0.29) is 46.9 Å². The Hall–Kier alpha value is -1.09. The van der Waals surface area contributed by atoms with Crippen LogP contribution in [0.25, 0.3) is 0 Å². The van der Waals surface area contributed by atoms with E-state index >= 15 is 0 Å². The normalized spacial score (nSPS) is 28.0. The van der Waals surface area contributed by atoms with Gasteiger partial charge in [-0.25, -0.2) is 4.79 Å². The van der Waals surface area contributed by atoms with Crippen LogP contribution in [0.5, 0.6) is 0 Å². The summed E-state index contributed by atoms with van der Waals surface area (Å²) in [7, 11) is -5.55. The minimum Gasteiger partial charge on any atom is -0.414 e. The molecule has 1 aromatic heterocycles. The Morgan fingerprint density at radius 3 is 2.14 bits per heavy atom. The highest BCUT2D eigenvalue weighted by molar-refractivity contribution is 6.83. The second kappa shape index (κ2) is 11.8. The predicted molar refractivity (Wildman–Crippen MR) is 143 cm³/mol. The molecule has 2 N–H and O–H groups in total. The summed E-state index contributed by atoms with van der Waals surface area (Å²) in [5, 5.41) is 9.42. The zero-order valence-electron chi connectivity index (χ0n) is 23.2. The third-order valence-corrected chi connectivity index (χ3v) is 18.1. The summed E-state index contributed by atoms with van der Waals surface area (Å²) in [6.45, 7) is 17.9. The van der Waals surface area contributed by atoms with Gasteiger partial charge in [0.15, 0.2) is 0 Å². The molecule has 4 atom stereocenters. The lowest BCUT2D eigenvalue weighted by atomic mass is 9.93. The fourth-order valence-corrected chi connectivity index (χ4v) is 17.2. The maximum atomic E-state index is 12.8. The Balaban J connectivity index is 2.12. The molecule has 206 valence electrons. The van der Waals surface area contributed by atoms with Crippen molar-refractivity contribution < 1.29 is 22.8 Å². The molecule has 36 heavy (non-hydrogen) atoms. The molecule has 2 fully saturated rings. The zero-order chi connectivity index (χ0) is 26.8. The Morgan fingerprint density at radius 2 is 1.61 bits per heavy atom. The number of ether oxygens (including phenoxy) is 1. The topological polar surface area (TPSA) is 112 Å². The summed E-state index contributed by atoms with van der Waals surface area (Å²) in [4.78, 5) is 26.9. The molecule has 0 unspecified atom stereocenters. The molecule has 0 amide bonds. The molecule has 0 radical (unpaired) electrons. The smallest absolute Gasteiger partial charge is 0.335 e. The SMILES string of the molecule is CC(C)[Si]1(C(C)C)OC[C@H]2O[C@@H](n3ccc(=O)[nH]c3=O)[C@H](CCCCO)[C@@H]2O[Si](C(C)C)(C(C)C)O1. The number of aromatic amines is 1. The first-order valence-corrected chi connectivity index (χ1v) is 17.4. The summed E-state index contributed by atoms with van der Waals surface area (Å²) >= 11 is 0. The summed E-state index contributed by atoms with van der Waals surface area (Å²) in [5.74, 6) is -0.158. The van der Waals surface area contributed by atoms with Crippen molar-refractivity contribution in [1.82, 2.24) is 9.55 Å².